The van der Waals surface area contributed by atoms with Gasteiger partial charge in [-0.05, 0) is 12.1 Å². The van der Waals surface area contributed by atoms with Crippen LogP contribution >= 0.6 is 34.8 Å². The van der Waals surface area contributed by atoms with Gasteiger partial charge in [0, 0.05) is 18.2 Å². The average Bonchev–Trinajstić information content (AvgIpc) is 2.08. The van der Waals surface area contributed by atoms with Gasteiger partial charge in [0.05, 0.1) is 10.0 Å². The van der Waals surface area contributed by atoms with E-state index in [2.05, 4.69) is 0 Å². The zero-order chi connectivity index (χ0) is 10.1. The highest BCUT2D eigenvalue weighted by Crippen LogP contribution is 2.37. The summed E-state index contributed by atoms with van der Waals surface area (Å²) in [6.45, 7) is 0. The molecule has 1 aromatic rings. The van der Waals surface area contributed by atoms with Gasteiger partial charge in [0.15, 0.2) is 5.75 Å². The highest BCUT2D eigenvalue weighted by atomic mass is 35.5. The lowest BCUT2D eigenvalue weighted by Crippen LogP contribution is -2.34. The number of hydrogen-bond donors (Lipinski definition) is 0. The molecule has 2 rings (SSSR count). The van der Waals surface area contributed by atoms with Crippen molar-refractivity contribution in [1.29, 1.82) is 0 Å². The number of rotatable bonds is 2. The number of hydrogen-bond acceptors (Lipinski definition) is 1. The second kappa shape index (κ2) is 4.18. The van der Waals surface area contributed by atoms with E-state index in [9.17, 15) is 0 Å². The molecule has 1 saturated carbocycles. The van der Waals surface area contributed by atoms with E-state index in [4.69, 9.17) is 39.5 Å². The first-order chi connectivity index (χ1) is 6.66. The molecule has 14 heavy (non-hydrogen) atoms. The zero-order valence-electron chi connectivity index (χ0n) is 7.34. The fraction of sp³-hybridized carbons (Fsp3) is 0.400. The van der Waals surface area contributed by atoms with Crippen LogP contribution in [0.3, 0.4) is 0 Å². The van der Waals surface area contributed by atoms with Gasteiger partial charge < -0.3 is 4.74 Å². The van der Waals surface area contributed by atoms with Gasteiger partial charge in [-0.1, -0.05) is 29.3 Å². The quantitative estimate of drug-likeness (QED) is 0.718. The monoisotopic (exact) mass is 250 g/mol. The van der Waals surface area contributed by atoms with Crippen LogP contribution in [0, 0.1) is 0 Å². The van der Waals surface area contributed by atoms with Crippen LogP contribution in [0.15, 0.2) is 18.2 Å². The normalized spacial score (nSPS) is 25.6. The third-order valence-corrected chi connectivity index (χ3v) is 3.19. The molecule has 0 radical (unpaired) electrons. The Labute approximate surface area is 97.9 Å². The molecular weight excluding hydrogens is 242 g/mol. The number of halogens is 3. The molecule has 1 fully saturated rings. The maximum atomic E-state index is 5.95. The first-order valence-electron chi connectivity index (χ1n) is 4.41. The molecule has 0 atom stereocenters. The molecular formula is C10H9Cl3O. The minimum absolute atomic E-state index is 0.162. The molecule has 0 unspecified atom stereocenters. The highest BCUT2D eigenvalue weighted by Gasteiger charge is 2.29. The summed E-state index contributed by atoms with van der Waals surface area (Å²) in [5.41, 5.74) is 0. The maximum Gasteiger partial charge on any atom is 0.156 e. The zero-order valence-corrected chi connectivity index (χ0v) is 9.61. The molecule has 0 bridgehead atoms. The summed E-state index contributed by atoms with van der Waals surface area (Å²) < 4.78 is 5.63. The van der Waals surface area contributed by atoms with Crippen molar-refractivity contribution in [2.45, 2.75) is 24.3 Å². The Morgan fingerprint density at radius 1 is 1.14 bits per heavy atom. The van der Waals surface area contributed by atoms with Gasteiger partial charge in [0.1, 0.15) is 6.10 Å². The second-order valence-corrected chi connectivity index (χ2v) is 4.79. The molecule has 1 aromatic carbocycles. The van der Waals surface area contributed by atoms with Crippen LogP contribution in [0.25, 0.3) is 0 Å². The fourth-order valence-corrected chi connectivity index (χ4v) is 2.24. The van der Waals surface area contributed by atoms with Crippen molar-refractivity contribution in [2.24, 2.45) is 0 Å². The van der Waals surface area contributed by atoms with Gasteiger partial charge in [0.2, 0.25) is 0 Å². The van der Waals surface area contributed by atoms with Crippen LogP contribution in [0.4, 0.5) is 0 Å². The Hall–Kier alpha value is -0.110. The van der Waals surface area contributed by atoms with E-state index in [1.165, 1.54) is 0 Å². The van der Waals surface area contributed by atoms with Crippen LogP contribution in [0.2, 0.25) is 10.0 Å². The third kappa shape index (κ3) is 2.10. The van der Waals surface area contributed by atoms with Crippen molar-refractivity contribution in [3.8, 4) is 5.75 Å². The second-order valence-electron chi connectivity index (χ2n) is 3.36. The predicted octanol–water partition coefficient (Wildman–Crippen LogP) is 4.14. The summed E-state index contributed by atoms with van der Waals surface area (Å²) in [5.74, 6) is 0.574. The Morgan fingerprint density at radius 3 is 2.21 bits per heavy atom. The van der Waals surface area contributed by atoms with Gasteiger partial charge >= 0.3 is 0 Å². The lowest BCUT2D eigenvalue weighted by atomic mass is 9.95. The Bertz CT molecular complexity index is 314. The molecule has 0 N–H and O–H groups in total. The summed E-state index contributed by atoms with van der Waals surface area (Å²) in [6, 6.07) is 5.32. The van der Waals surface area contributed by atoms with Crippen LogP contribution < -0.4 is 4.74 Å². The molecule has 0 heterocycles. The average molecular weight is 252 g/mol. The van der Waals surface area contributed by atoms with Crippen molar-refractivity contribution >= 4 is 34.8 Å². The summed E-state index contributed by atoms with van der Waals surface area (Å²) in [5, 5.41) is 1.34. The highest BCUT2D eigenvalue weighted by molar-refractivity contribution is 6.37. The predicted molar refractivity (Wildman–Crippen MR) is 59.8 cm³/mol. The molecule has 1 aliphatic carbocycles. The SMILES string of the molecule is Clc1cccc(Cl)c1OC1CC(Cl)C1. The molecule has 0 spiro atoms. The molecule has 0 amide bonds. The maximum absolute atomic E-state index is 5.95. The van der Waals surface area contributed by atoms with Crippen molar-refractivity contribution in [3.63, 3.8) is 0 Å². The van der Waals surface area contributed by atoms with E-state index in [1.807, 2.05) is 0 Å². The third-order valence-electron chi connectivity index (χ3n) is 2.24. The van der Waals surface area contributed by atoms with Gasteiger partial charge in [-0.25, -0.2) is 0 Å². The van der Waals surface area contributed by atoms with E-state index in [1.54, 1.807) is 18.2 Å². The molecule has 1 aliphatic rings. The molecule has 0 aromatic heterocycles. The largest absolute Gasteiger partial charge is 0.487 e. The lowest BCUT2D eigenvalue weighted by Gasteiger charge is -2.31. The van der Waals surface area contributed by atoms with E-state index < -0.39 is 0 Å². The number of ether oxygens (including phenoxy) is 1. The molecule has 1 nitrogen and oxygen atoms in total. The van der Waals surface area contributed by atoms with Gasteiger partial charge in [-0.15, -0.1) is 11.6 Å². The van der Waals surface area contributed by atoms with Crippen LogP contribution in [-0.4, -0.2) is 11.5 Å². The van der Waals surface area contributed by atoms with E-state index >= 15 is 0 Å². The van der Waals surface area contributed by atoms with Gasteiger partial charge in [0.25, 0.3) is 0 Å². The number of para-hydroxylation sites is 1. The summed E-state index contributed by atoms with van der Waals surface area (Å²) in [4.78, 5) is 0. The molecule has 4 heteroatoms. The van der Waals surface area contributed by atoms with Crippen LogP contribution in [0.5, 0.6) is 5.75 Å². The summed E-state index contributed by atoms with van der Waals surface area (Å²) in [6.07, 6.45) is 1.89. The van der Waals surface area contributed by atoms with Crippen LogP contribution in [0.1, 0.15) is 12.8 Å². The van der Waals surface area contributed by atoms with Crippen molar-refractivity contribution in [3.05, 3.63) is 28.2 Å². The minimum Gasteiger partial charge on any atom is -0.487 e. The van der Waals surface area contributed by atoms with Crippen molar-refractivity contribution < 1.29 is 4.74 Å². The Balaban J connectivity index is 2.09. The number of alkyl halides is 1. The Morgan fingerprint density at radius 2 is 1.71 bits per heavy atom. The minimum atomic E-state index is 0.162. The van der Waals surface area contributed by atoms with Gasteiger partial charge in [-0.2, -0.15) is 0 Å². The van der Waals surface area contributed by atoms with Crippen molar-refractivity contribution in [1.82, 2.24) is 0 Å². The smallest absolute Gasteiger partial charge is 0.156 e. The number of benzene rings is 1. The van der Waals surface area contributed by atoms with Crippen LogP contribution in [-0.2, 0) is 0 Å². The summed E-state index contributed by atoms with van der Waals surface area (Å²) in [7, 11) is 0. The lowest BCUT2D eigenvalue weighted by molar-refractivity contribution is 0.124. The first kappa shape index (κ1) is 10.4. The standard InChI is InChI=1S/C10H9Cl3O/c11-6-4-7(5-6)14-10-8(12)2-1-3-9(10)13/h1-3,6-7H,4-5H2. The topological polar surface area (TPSA) is 9.23 Å². The van der Waals surface area contributed by atoms with E-state index in [-0.39, 0.29) is 11.5 Å². The molecule has 76 valence electrons. The fourth-order valence-electron chi connectivity index (χ4n) is 1.36. The van der Waals surface area contributed by atoms with E-state index in [0.29, 0.717) is 15.8 Å². The first-order valence-corrected chi connectivity index (χ1v) is 5.61. The molecule has 0 saturated heterocycles. The summed E-state index contributed by atoms with van der Waals surface area (Å²) >= 11 is 17.7. The van der Waals surface area contributed by atoms with Crippen molar-refractivity contribution in [2.75, 3.05) is 0 Å². The Kier molecular flexibility index (Phi) is 3.10. The van der Waals surface area contributed by atoms with E-state index in [0.717, 1.165) is 12.8 Å². The molecule has 0 aliphatic heterocycles. The van der Waals surface area contributed by atoms with Gasteiger partial charge in [-0.3, -0.25) is 0 Å².